The predicted molar refractivity (Wildman–Crippen MR) is 101 cm³/mol. The number of unbranched alkanes of at least 4 members (excludes halogenated alkanes) is 3. The maximum Gasteiger partial charge on any atom is 0.416 e. The van der Waals surface area contributed by atoms with Gasteiger partial charge in [0.25, 0.3) is 0 Å². The first kappa shape index (κ1) is 21.8. The van der Waals surface area contributed by atoms with Crippen LogP contribution in [-0.2, 0) is 11.0 Å². The summed E-state index contributed by atoms with van der Waals surface area (Å²) >= 11 is 0. The van der Waals surface area contributed by atoms with Gasteiger partial charge in [0.1, 0.15) is 5.75 Å². The molecule has 0 aliphatic heterocycles. The van der Waals surface area contributed by atoms with Crippen LogP contribution in [-0.4, -0.2) is 5.97 Å². The van der Waals surface area contributed by atoms with Gasteiger partial charge in [-0.2, -0.15) is 13.2 Å². The maximum absolute atomic E-state index is 12.5. The molecule has 0 aromatic heterocycles. The Labute approximate surface area is 160 Å². The van der Waals surface area contributed by atoms with Crippen molar-refractivity contribution in [2.24, 2.45) is 11.8 Å². The lowest BCUT2D eigenvalue weighted by Crippen LogP contribution is -2.17. The summed E-state index contributed by atoms with van der Waals surface area (Å²) in [6.07, 6.45) is 8.23. The van der Waals surface area contributed by atoms with E-state index in [4.69, 9.17) is 4.74 Å². The van der Waals surface area contributed by atoms with E-state index in [1.54, 1.807) is 0 Å². The van der Waals surface area contributed by atoms with E-state index in [9.17, 15) is 18.0 Å². The van der Waals surface area contributed by atoms with Crippen molar-refractivity contribution in [3.63, 3.8) is 0 Å². The summed E-state index contributed by atoms with van der Waals surface area (Å²) in [7, 11) is 0. The van der Waals surface area contributed by atoms with Crippen LogP contribution >= 0.6 is 0 Å². The number of benzene rings is 1. The zero-order valence-corrected chi connectivity index (χ0v) is 16.2. The number of carbonyl (C=O) groups is 1. The predicted octanol–water partition coefficient (Wildman–Crippen LogP) is 7.17. The first-order valence-corrected chi connectivity index (χ1v) is 10.3. The number of carbonyl (C=O) groups excluding carboxylic acids is 1. The van der Waals surface area contributed by atoms with E-state index in [0.29, 0.717) is 12.3 Å². The third-order valence-corrected chi connectivity index (χ3v) is 5.60. The second-order valence-corrected chi connectivity index (χ2v) is 7.77. The van der Waals surface area contributed by atoms with Gasteiger partial charge in [-0.05, 0) is 42.5 Å². The number of hydrogen-bond donors (Lipinski definition) is 0. The number of esters is 1. The topological polar surface area (TPSA) is 26.3 Å². The van der Waals surface area contributed by atoms with E-state index >= 15 is 0 Å². The summed E-state index contributed by atoms with van der Waals surface area (Å²) in [5, 5.41) is 0. The molecule has 27 heavy (non-hydrogen) atoms. The molecule has 5 heteroatoms. The van der Waals surface area contributed by atoms with Gasteiger partial charge in [0, 0.05) is 6.42 Å². The molecule has 0 unspecified atom stereocenters. The first-order chi connectivity index (χ1) is 12.9. The van der Waals surface area contributed by atoms with Crippen molar-refractivity contribution in [1.82, 2.24) is 0 Å². The third-order valence-electron chi connectivity index (χ3n) is 5.60. The van der Waals surface area contributed by atoms with Crippen molar-refractivity contribution in [3.8, 4) is 5.75 Å². The van der Waals surface area contributed by atoms with Gasteiger partial charge in [-0.15, -0.1) is 0 Å². The molecular weight excluding hydrogens is 353 g/mol. The lowest BCUT2D eigenvalue weighted by atomic mass is 9.78. The molecule has 1 aliphatic carbocycles. The number of hydrogen-bond acceptors (Lipinski definition) is 2. The van der Waals surface area contributed by atoms with Gasteiger partial charge in [0.2, 0.25) is 0 Å². The smallest absolute Gasteiger partial charge is 0.416 e. The monoisotopic (exact) mass is 384 g/mol. The van der Waals surface area contributed by atoms with Crippen LogP contribution in [0.25, 0.3) is 0 Å². The molecular formula is C22H31F3O2. The van der Waals surface area contributed by atoms with Gasteiger partial charge >= 0.3 is 12.1 Å². The summed E-state index contributed by atoms with van der Waals surface area (Å²) in [5.74, 6) is 1.22. The van der Waals surface area contributed by atoms with Crippen LogP contribution in [0.2, 0.25) is 0 Å². The standard InChI is InChI=1S/C22H31F3O2/c1-2-3-4-5-6-17-7-9-18(10-8-17)11-16-21(26)27-20-14-12-19(13-15-20)22(23,24)25/h12-15,17-18H,2-11,16H2,1H3. The Hall–Kier alpha value is -1.52. The molecule has 1 aromatic carbocycles. The normalized spacial score (nSPS) is 20.4. The Kier molecular flexibility index (Phi) is 8.65. The van der Waals surface area contributed by atoms with Crippen LogP contribution in [0.3, 0.4) is 0 Å². The van der Waals surface area contributed by atoms with Gasteiger partial charge in [0.15, 0.2) is 0 Å². The molecule has 0 atom stereocenters. The molecule has 0 radical (unpaired) electrons. The molecule has 0 amide bonds. The molecule has 0 spiro atoms. The fourth-order valence-electron chi connectivity index (χ4n) is 3.89. The SMILES string of the molecule is CCCCCCC1CCC(CCC(=O)Oc2ccc(C(F)(F)F)cc2)CC1. The molecule has 1 fully saturated rings. The summed E-state index contributed by atoms with van der Waals surface area (Å²) in [6, 6.07) is 4.27. The highest BCUT2D eigenvalue weighted by molar-refractivity contribution is 5.72. The Morgan fingerprint density at radius 3 is 2.11 bits per heavy atom. The minimum absolute atomic E-state index is 0.170. The number of alkyl halides is 3. The highest BCUT2D eigenvalue weighted by Crippen LogP contribution is 2.34. The quantitative estimate of drug-likeness (QED) is 0.256. The van der Waals surface area contributed by atoms with E-state index < -0.39 is 11.7 Å². The largest absolute Gasteiger partial charge is 0.427 e. The molecule has 0 heterocycles. The summed E-state index contributed by atoms with van der Waals surface area (Å²) in [4.78, 5) is 12.0. The Bertz CT molecular complexity index is 558. The zero-order chi connectivity index (χ0) is 19.7. The average Bonchev–Trinajstić information content (AvgIpc) is 2.64. The molecule has 152 valence electrons. The van der Waals surface area contributed by atoms with E-state index in [0.717, 1.165) is 24.5 Å². The molecule has 1 aromatic rings. The first-order valence-electron chi connectivity index (χ1n) is 10.3. The minimum Gasteiger partial charge on any atom is -0.427 e. The lowest BCUT2D eigenvalue weighted by Gasteiger charge is -2.28. The summed E-state index contributed by atoms with van der Waals surface area (Å²) in [5.41, 5.74) is -0.742. The van der Waals surface area contributed by atoms with Crippen molar-refractivity contribution in [2.45, 2.75) is 83.7 Å². The van der Waals surface area contributed by atoms with Crippen LogP contribution < -0.4 is 4.74 Å². The van der Waals surface area contributed by atoms with E-state index in [1.165, 1.54) is 69.9 Å². The second kappa shape index (κ2) is 10.7. The van der Waals surface area contributed by atoms with Crippen LogP contribution in [0.4, 0.5) is 13.2 Å². The van der Waals surface area contributed by atoms with Crippen molar-refractivity contribution >= 4 is 5.97 Å². The minimum atomic E-state index is -4.38. The summed E-state index contributed by atoms with van der Waals surface area (Å²) in [6.45, 7) is 2.23. The van der Waals surface area contributed by atoms with Crippen LogP contribution in [0, 0.1) is 11.8 Å². The van der Waals surface area contributed by atoms with Gasteiger partial charge in [-0.25, -0.2) is 0 Å². The van der Waals surface area contributed by atoms with Crippen LogP contribution in [0.15, 0.2) is 24.3 Å². The Morgan fingerprint density at radius 2 is 1.56 bits per heavy atom. The lowest BCUT2D eigenvalue weighted by molar-refractivity contribution is -0.137. The van der Waals surface area contributed by atoms with Crippen molar-refractivity contribution < 1.29 is 22.7 Å². The molecule has 0 N–H and O–H groups in total. The zero-order valence-electron chi connectivity index (χ0n) is 16.2. The van der Waals surface area contributed by atoms with Crippen LogP contribution in [0.5, 0.6) is 5.75 Å². The fraction of sp³-hybridized carbons (Fsp3) is 0.682. The molecule has 2 rings (SSSR count). The number of halogens is 3. The van der Waals surface area contributed by atoms with Crippen LogP contribution in [0.1, 0.15) is 83.1 Å². The van der Waals surface area contributed by atoms with Gasteiger partial charge in [-0.1, -0.05) is 64.7 Å². The Balaban J connectivity index is 1.63. The van der Waals surface area contributed by atoms with E-state index in [1.807, 2.05) is 0 Å². The fourth-order valence-corrected chi connectivity index (χ4v) is 3.89. The van der Waals surface area contributed by atoms with Gasteiger partial charge < -0.3 is 4.74 Å². The molecule has 2 nitrogen and oxygen atoms in total. The maximum atomic E-state index is 12.5. The van der Waals surface area contributed by atoms with E-state index in [2.05, 4.69) is 6.92 Å². The number of rotatable bonds is 9. The third kappa shape index (κ3) is 7.94. The van der Waals surface area contributed by atoms with Crippen molar-refractivity contribution in [2.75, 3.05) is 0 Å². The second-order valence-electron chi connectivity index (χ2n) is 7.77. The number of ether oxygens (including phenoxy) is 1. The van der Waals surface area contributed by atoms with Crippen molar-refractivity contribution in [3.05, 3.63) is 29.8 Å². The molecule has 1 saturated carbocycles. The summed E-state index contributed by atoms with van der Waals surface area (Å²) < 4.78 is 42.8. The van der Waals surface area contributed by atoms with E-state index in [-0.39, 0.29) is 11.7 Å². The molecule has 0 bridgehead atoms. The van der Waals surface area contributed by atoms with Crippen molar-refractivity contribution in [1.29, 1.82) is 0 Å². The Morgan fingerprint density at radius 1 is 0.963 bits per heavy atom. The highest BCUT2D eigenvalue weighted by atomic mass is 19.4. The van der Waals surface area contributed by atoms with Gasteiger partial charge in [0.05, 0.1) is 5.56 Å². The van der Waals surface area contributed by atoms with Gasteiger partial charge in [-0.3, -0.25) is 4.79 Å². The highest BCUT2D eigenvalue weighted by Gasteiger charge is 2.30. The average molecular weight is 384 g/mol. The molecule has 0 saturated heterocycles. The molecule has 1 aliphatic rings.